The summed E-state index contributed by atoms with van der Waals surface area (Å²) < 4.78 is -0.346. The molecule has 0 aromatic carbocycles. The summed E-state index contributed by atoms with van der Waals surface area (Å²) in [6.45, 7) is 4.05. The lowest BCUT2D eigenvalue weighted by Crippen LogP contribution is -2.56. The van der Waals surface area contributed by atoms with E-state index in [1.807, 2.05) is 13.8 Å². The van der Waals surface area contributed by atoms with E-state index >= 15 is 0 Å². The molecule has 0 aliphatic heterocycles. The molecule has 0 spiro atoms. The maximum Gasteiger partial charge on any atom is 0.155 e. The van der Waals surface area contributed by atoms with Crippen molar-refractivity contribution < 1.29 is 4.79 Å². The van der Waals surface area contributed by atoms with Crippen molar-refractivity contribution in [2.24, 2.45) is 11.3 Å². The predicted octanol–water partition coefficient (Wildman–Crippen LogP) is 4.05. The summed E-state index contributed by atoms with van der Waals surface area (Å²) in [5, 5.41) is -0.327. The number of alkyl halides is 4. The van der Waals surface area contributed by atoms with Crippen molar-refractivity contribution in [2.45, 2.75) is 27.8 Å². The van der Waals surface area contributed by atoms with Crippen LogP contribution in [0.25, 0.3) is 0 Å². The van der Waals surface area contributed by atoms with Gasteiger partial charge in [-0.05, 0) is 11.8 Å². The van der Waals surface area contributed by atoms with Crippen molar-refractivity contribution in [3.05, 3.63) is 0 Å². The zero-order valence-corrected chi connectivity index (χ0v) is 12.8. The average Bonchev–Trinajstić information content (AvgIpc) is 1.96. The molecule has 1 aliphatic rings. The van der Waals surface area contributed by atoms with Crippen molar-refractivity contribution >= 4 is 65.2 Å². The van der Waals surface area contributed by atoms with E-state index in [0.29, 0.717) is 6.42 Å². The summed E-state index contributed by atoms with van der Waals surface area (Å²) >= 11 is 16.1. The van der Waals surface area contributed by atoms with Crippen LogP contribution in [0.4, 0.5) is 0 Å². The van der Waals surface area contributed by atoms with Gasteiger partial charge in [0.25, 0.3) is 0 Å². The highest BCUT2D eigenvalue weighted by Gasteiger charge is 2.56. The summed E-state index contributed by atoms with van der Waals surface area (Å²) in [6.07, 6.45) is 0.696. The summed E-state index contributed by atoms with van der Waals surface area (Å²) in [6, 6.07) is 0. The molecule has 1 fully saturated rings. The molecule has 1 nitrogen and oxygen atoms in total. The Morgan fingerprint density at radius 1 is 1.46 bits per heavy atom. The SMILES string of the molecule is CC1(C)C(Cl)C(=O)C1CC(Br)(Br)Br. The molecule has 2 unspecified atom stereocenters. The van der Waals surface area contributed by atoms with E-state index in [1.54, 1.807) is 0 Å². The van der Waals surface area contributed by atoms with Gasteiger partial charge in [0.2, 0.25) is 0 Å². The lowest BCUT2D eigenvalue weighted by atomic mass is 9.60. The lowest BCUT2D eigenvalue weighted by molar-refractivity contribution is -0.139. The van der Waals surface area contributed by atoms with E-state index in [2.05, 4.69) is 47.8 Å². The number of carbonyl (C=O) groups excluding carboxylic acids is 1. The van der Waals surface area contributed by atoms with Gasteiger partial charge in [0.15, 0.2) is 5.78 Å². The van der Waals surface area contributed by atoms with E-state index in [4.69, 9.17) is 11.6 Å². The van der Waals surface area contributed by atoms with Gasteiger partial charge in [0, 0.05) is 5.92 Å². The number of halogens is 4. The van der Waals surface area contributed by atoms with Gasteiger partial charge >= 0.3 is 0 Å². The fourth-order valence-electron chi connectivity index (χ4n) is 1.59. The molecule has 0 bridgehead atoms. The lowest BCUT2D eigenvalue weighted by Gasteiger charge is -2.48. The van der Waals surface area contributed by atoms with Crippen LogP contribution < -0.4 is 0 Å². The van der Waals surface area contributed by atoms with Gasteiger partial charge in [-0.25, -0.2) is 0 Å². The Hall–Kier alpha value is 1.40. The molecule has 5 heteroatoms. The highest BCUT2D eigenvalue weighted by molar-refractivity contribution is 9.39. The molecule has 1 saturated carbocycles. The quantitative estimate of drug-likeness (QED) is 0.611. The Bertz CT molecular complexity index is 234. The second-order valence-corrected chi connectivity index (χ2v) is 11.6. The van der Waals surface area contributed by atoms with Crippen molar-refractivity contribution in [3.8, 4) is 0 Å². The Morgan fingerprint density at radius 2 is 1.92 bits per heavy atom. The second-order valence-electron chi connectivity index (χ2n) is 3.96. The highest BCUT2D eigenvalue weighted by atomic mass is 80.0. The largest absolute Gasteiger partial charge is 0.298 e. The van der Waals surface area contributed by atoms with Crippen molar-refractivity contribution in [3.63, 3.8) is 0 Å². The number of carbonyl (C=O) groups is 1. The number of rotatable bonds is 1. The minimum absolute atomic E-state index is 0.0214. The number of hydrogen-bond donors (Lipinski definition) is 0. The Kier molecular flexibility index (Phi) is 3.61. The standard InChI is InChI=1S/C8H10Br3ClO/c1-7(2)4(3-8(9,10)11)5(13)6(7)12/h4,6H,3H2,1-2H3. The molecular weight excluding hydrogens is 387 g/mol. The normalized spacial score (nSPS) is 32.9. The van der Waals surface area contributed by atoms with Crippen LogP contribution >= 0.6 is 59.4 Å². The third kappa shape index (κ3) is 2.50. The minimum Gasteiger partial charge on any atom is -0.298 e. The molecule has 1 aliphatic carbocycles. The molecule has 0 aromatic heterocycles. The summed E-state index contributed by atoms with van der Waals surface area (Å²) in [7, 11) is 0. The predicted molar refractivity (Wildman–Crippen MR) is 66.0 cm³/mol. The smallest absolute Gasteiger partial charge is 0.155 e. The minimum atomic E-state index is -0.346. The third-order valence-corrected chi connectivity index (χ3v) is 4.33. The maximum atomic E-state index is 11.5. The van der Waals surface area contributed by atoms with Gasteiger partial charge in [0.05, 0.1) is 5.38 Å². The first-order valence-electron chi connectivity index (χ1n) is 3.91. The Labute approximate surface area is 108 Å². The Balaban J connectivity index is 2.68. The molecule has 76 valence electrons. The van der Waals surface area contributed by atoms with Crippen LogP contribution in [-0.2, 0) is 4.79 Å². The topological polar surface area (TPSA) is 17.1 Å². The van der Waals surface area contributed by atoms with Crippen molar-refractivity contribution in [1.82, 2.24) is 0 Å². The molecule has 2 atom stereocenters. The first-order valence-corrected chi connectivity index (χ1v) is 6.72. The fourth-order valence-corrected chi connectivity index (χ4v) is 2.86. The summed E-state index contributed by atoms with van der Waals surface area (Å²) in [4.78, 5) is 11.5. The number of hydrogen-bond acceptors (Lipinski definition) is 1. The van der Waals surface area contributed by atoms with Gasteiger partial charge in [-0.15, -0.1) is 11.6 Å². The molecular formula is C8H10Br3ClO. The van der Waals surface area contributed by atoms with Gasteiger partial charge < -0.3 is 0 Å². The van der Waals surface area contributed by atoms with Crippen LogP contribution in [0.15, 0.2) is 0 Å². The molecule has 0 heterocycles. The van der Waals surface area contributed by atoms with Crippen LogP contribution in [-0.4, -0.2) is 13.3 Å². The van der Waals surface area contributed by atoms with Gasteiger partial charge in [-0.2, -0.15) is 0 Å². The molecule has 0 radical (unpaired) electrons. The summed E-state index contributed by atoms with van der Waals surface area (Å²) in [5.74, 6) is 0.169. The molecule has 0 amide bonds. The fraction of sp³-hybridized carbons (Fsp3) is 0.875. The monoisotopic (exact) mass is 394 g/mol. The van der Waals surface area contributed by atoms with E-state index in [1.165, 1.54) is 0 Å². The summed E-state index contributed by atoms with van der Waals surface area (Å²) in [5.41, 5.74) is -0.0980. The zero-order valence-electron chi connectivity index (χ0n) is 7.28. The van der Waals surface area contributed by atoms with Gasteiger partial charge in [-0.1, -0.05) is 61.6 Å². The van der Waals surface area contributed by atoms with Crippen LogP contribution in [0.3, 0.4) is 0 Å². The van der Waals surface area contributed by atoms with E-state index in [0.717, 1.165) is 0 Å². The Morgan fingerprint density at radius 3 is 2.23 bits per heavy atom. The van der Waals surface area contributed by atoms with Gasteiger partial charge in [-0.3, -0.25) is 4.79 Å². The van der Waals surface area contributed by atoms with E-state index < -0.39 is 0 Å². The second kappa shape index (κ2) is 3.76. The first kappa shape index (κ1) is 12.5. The molecule has 1 rings (SSSR count). The van der Waals surface area contributed by atoms with E-state index in [-0.39, 0.29) is 24.6 Å². The number of ketones is 1. The molecule has 0 N–H and O–H groups in total. The van der Waals surface area contributed by atoms with Gasteiger partial charge in [0.1, 0.15) is 2.14 Å². The zero-order chi connectivity index (χ0) is 10.4. The maximum absolute atomic E-state index is 11.5. The van der Waals surface area contributed by atoms with Crippen molar-refractivity contribution in [2.75, 3.05) is 0 Å². The molecule has 0 saturated heterocycles. The average molecular weight is 397 g/mol. The first-order chi connectivity index (χ1) is 5.66. The van der Waals surface area contributed by atoms with Crippen LogP contribution in [0.1, 0.15) is 20.3 Å². The molecule has 13 heavy (non-hydrogen) atoms. The van der Waals surface area contributed by atoms with Crippen LogP contribution in [0.2, 0.25) is 0 Å². The highest BCUT2D eigenvalue weighted by Crippen LogP contribution is 2.53. The molecule has 0 aromatic rings. The van der Waals surface area contributed by atoms with Crippen LogP contribution in [0, 0.1) is 11.3 Å². The van der Waals surface area contributed by atoms with E-state index in [9.17, 15) is 4.79 Å². The number of Topliss-reactive ketones (excluding diaryl/α,β-unsaturated/α-hetero) is 1. The van der Waals surface area contributed by atoms with Crippen LogP contribution in [0.5, 0.6) is 0 Å². The van der Waals surface area contributed by atoms with Crippen molar-refractivity contribution in [1.29, 1.82) is 0 Å². The third-order valence-electron chi connectivity index (χ3n) is 2.58.